The zero-order valence-electron chi connectivity index (χ0n) is 20.3. The topological polar surface area (TPSA) is 109 Å². The standard InChI is InChI=1S/C26H28N6O4/c1-35-22-14-17-7-11-32(26(34)18(17)15-23(22)36-2)24-5-3-4-19(29-24)25(33)30-20-16-28-8-6-21(20)31-12-9-27-10-13-31/h3-6,8,14-16,27H,7,9-13H2,1-2H3,(H,30,33). The molecular weight excluding hydrogens is 460 g/mol. The van der Waals surface area contributed by atoms with Gasteiger partial charge in [0.2, 0.25) is 0 Å². The van der Waals surface area contributed by atoms with Gasteiger partial charge in [0.15, 0.2) is 11.5 Å². The lowest BCUT2D eigenvalue weighted by Crippen LogP contribution is -2.43. The zero-order valence-corrected chi connectivity index (χ0v) is 20.3. The van der Waals surface area contributed by atoms with Crippen LogP contribution in [-0.4, -0.2) is 68.7 Å². The molecule has 186 valence electrons. The molecule has 2 aromatic heterocycles. The minimum Gasteiger partial charge on any atom is -0.493 e. The predicted octanol–water partition coefficient (Wildman–Crippen LogP) is 2.36. The Bertz CT molecular complexity index is 1290. The van der Waals surface area contributed by atoms with Crippen molar-refractivity contribution in [2.75, 3.05) is 62.1 Å². The Morgan fingerprint density at radius 3 is 2.61 bits per heavy atom. The number of benzene rings is 1. The second kappa shape index (κ2) is 10.2. The van der Waals surface area contributed by atoms with E-state index in [0.29, 0.717) is 41.5 Å². The second-order valence-corrected chi connectivity index (χ2v) is 8.54. The highest BCUT2D eigenvalue weighted by Crippen LogP contribution is 2.34. The summed E-state index contributed by atoms with van der Waals surface area (Å²) in [5.41, 5.74) is 3.18. The molecule has 36 heavy (non-hydrogen) atoms. The summed E-state index contributed by atoms with van der Waals surface area (Å²) in [5, 5.41) is 6.28. The Kier molecular flexibility index (Phi) is 6.68. The van der Waals surface area contributed by atoms with Crippen LogP contribution in [0.5, 0.6) is 11.5 Å². The number of pyridine rings is 2. The van der Waals surface area contributed by atoms with Gasteiger partial charge in [-0.2, -0.15) is 0 Å². The van der Waals surface area contributed by atoms with Crippen LogP contribution >= 0.6 is 0 Å². The maximum absolute atomic E-state index is 13.3. The quantitative estimate of drug-likeness (QED) is 0.544. The van der Waals surface area contributed by atoms with Crippen LogP contribution in [0.25, 0.3) is 0 Å². The number of anilines is 3. The summed E-state index contributed by atoms with van der Waals surface area (Å²) in [7, 11) is 3.11. The number of fused-ring (bicyclic) bond motifs is 1. The van der Waals surface area contributed by atoms with Crippen LogP contribution in [0, 0.1) is 0 Å². The number of carbonyl (C=O) groups excluding carboxylic acids is 2. The van der Waals surface area contributed by atoms with Gasteiger partial charge in [-0.1, -0.05) is 6.07 Å². The maximum Gasteiger partial charge on any atom is 0.274 e. The number of nitrogens with one attached hydrogen (secondary N) is 2. The van der Waals surface area contributed by atoms with Gasteiger partial charge in [-0.25, -0.2) is 4.98 Å². The van der Waals surface area contributed by atoms with Crippen molar-refractivity contribution < 1.29 is 19.1 Å². The van der Waals surface area contributed by atoms with Gasteiger partial charge >= 0.3 is 0 Å². The Morgan fingerprint density at radius 2 is 1.83 bits per heavy atom. The summed E-state index contributed by atoms with van der Waals surface area (Å²) in [5.74, 6) is 0.934. The summed E-state index contributed by atoms with van der Waals surface area (Å²) < 4.78 is 10.7. The number of hydrogen-bond acceptors (Lipinski definition) is 8. The average Bonchev–Trinajstić information content (AvgIpc) is 2.93. The monoisotopic (exact) mass is 488 g/mol. The number of piperazine rings is 1. The molecule has 0 bridgehead atoms. The first-order chi connectivity index (χ1) is 17.6. The Balaban J connectivity index is 1.37. The molecule has 10 heteroatoms. The maximum atomic E-state index is 13.3. The van der Waals surface area contributed by atoms with E-state index in [1.165, 1.54) is 7.11 Å². The fourth-order valence-corrected chi connectivity index (χ4v) is 4.58. The number of nitrogens with zero attached hydrogens (tertiary/aromatic N) is 4. The molecule has 0 spiro atoms. The van der Waals surface area contributed by atoms with Crippen molar-refractivity contribution in [2.24, 2.45) is 0 Å². The molecule has 0 saturated carbocycles. The third-order valence-corrected chi connectivity index (χ3v) is 6.44. The minimum atomic E-state index is -0.363. The van der Waals surface area contributed by atoms with E-state index in [4.69, 9.17) is 9.47 Å². The molecular formula is C26H28N6O4. The fourth-order valence-electron chi connectivity index (χ4n) is 4.58. The SMILES string of the molecule is COc1cc2c(cc1OC)C(=O)N(c1cccc(C(=O)Nc3cnccc3N3CCNCC3)n1)CC2. The van der Waals surface area contributed by atoms with Crippen molar-refractivity contribution >= 4 is 29.0 Å². The summed E-state index contributed by atoms with van der Waals surface area (Å²) in [6, 6.07) is 10.5. The largest absolute Gasteiger partial charge is 0.493 e. The van der Waals surface area contributed by atoms with Crippen LogP contribution in [0.2, 0.25) is 0 Å². The number of carbonyl (C=O) groups is 2. The number of aromatic nitrogens is 2. The van der Waals surface area contributed by atoms with Gasteiger partial charge in [0.05, 0.1) is 31.8 Å². The summed E-state index contributed by atoms with van der Waals surface area (Å²) >= 11 is 0. The van der Waals surface area contributed by atoms with Crippen LogP contribution in [0.3, 0.4) is 0 Å². The Hall–Kier alpha value is -4.18. The van der Waals surface area contributed by atoms with E-state index < -0.39 is 0 Å². The van der Waals surface area contributed by atoms with Gasteiger partial charge in [0, 0.05) is 44.5 Å². The van der Waals surface area contributed by atoms with Gasteiger partial charge in [0.25, 0.3) is 11.8 Å². The number of methoxy groups -OCH3 is 2. The van der Waals surface area contributed by atoms with E-state index in [-0.39, 0.29) is 17.5 Å². The number of ether oxygens (including phenoxy) is 2. The van der Waals surface area contributed by atoms with E-state index in [2.05, 4.69) is 25.5 Å². The van der Waals surface area contributed by atoms with Gasteiger partial charge in [-0.15, -0.1) is 0 Å². The molecule has 1 aromatic carbocycles. The van der Waals surface area contributed by atoms with E-state index in [9.17, 15) is 9.59 Å². The molecule has 5 rings (SSSR count). The van der Waals surface area contributed by atoms with Crippen LogP contribution in [0.15, 0.2) is 48.8 Å². The first-order valence-corrected chi connectivity index (χ1v) is 11.8. The molecule has 3 aromatic rings. The highest BCUT2D eigenvalue weighted by molar-refractivity contribution is 6.09. The lowest BCUT2D eigenvalue weighted by atomic mass is 9.98. The molecule has 0 radical (unpaired) electrons. The first-order valence-electron chi connectivity index (χ1n) is 11.8. The Labute approximate surface area is 209 Å². The lowest BCUT2D eigenvalue weighted by Gasteiger charge is -2.30. The van der Waals surface area contributed by atoms with Gasteiger partial charge in [-0.3, -0.25) is 19.5 Å². The molecule has 10 nitrogen and oxygen atoms in total. The third kappa shape index (κ3) is 4.55. The molecule has 2 aliphatic heterocycles. The molecule has 2 amide bonds. The fraction of sp³-hybridized carbons (Fsp3) is 0.308. The lowest BCUT2D eigenvalue weighted by molar-refractivity contribution is 0.0975. The Morgan fingerprint density at radius 1 is 1.06 bits per heavy atom. The van der Waals surface area contributed by atoms with Gasteiger partial charge < -0.3 is 25.0 Å². The summed E-state index contributed by atoms with van der Waals surface area (Å²) in [4.78, 5) is 39.0. The smallest absolute Gasteiger partial charge is 0.274 e. The minimum absolute atomic E-state index is 0.199. The second-order valence-electron chi connectivity index (χ2n) is 8.54. The predicted molar refractivity (Wildman–Crippen MR) is 136 cm³/mol. The van der Waals surface area contributed by atoms with E-state index in [1.54, 1.807) is 48.7 Å². The number of amides is 2. The van der Waals surface area contributed by atoms with Crippen LogP contribution in [0.1, 0.15) is 26.4 Å². The van der Waals surface area contributed by atoms with E-state index in [0.717, 1.165) is 37.4 Å². The van der Waals surface area contributed by atoms with Crippen molar-refractivity contribution in [3.8, 4) is 11.5 Å². The van der Waals surface area contributed by atoms with Crippen LogP contribution < -0.4 is 29.9 Å². The molecule has 2 N–H and O–H groups in total. The van der Waals surface area contributed by atoms with E-state index >= 15 is 0 Å². The average molecular weight is 489 g/mol. The molecule has 0 aliphatic carbocycles. The van der Waals surface area contributed by atoms with Gasteiger partial charge in [0.1, 0.15) is 11.5 Å². The molecule has 0 unspecified atom stereocenters. The highest BCUT2D eigenvalue weighted by atomic mass is 16.5. The first kappa shape index (κ1) is 23.6. The van der Waals surface area contributed by atoms with Crippen molar-refractivity contribution in [2.45, 2.75) is 6.42 Å². The molecule has 1 fully saturated rings. The number of hydrogen-bond donors (Lipinski definition) is 2. The van der Waals surface area contributed by atoms with Crippen molar-refractivity contribution in [3.63, 3.8) is 0 Å². The van der Waals surface area contributed by atoms with Crippen LogP contribution in [0.4, 0.5) is 17.2 Å². The van der Waals surface area contributed by atoms with E-state index in [1.807, 2.05) is 12.1 Å². The third-order valence-electron chi connectivity index (χ3n) is 6.44. The molecule has 1 saturated heterocycles. The summed E-state index contributed by atoms with van der Waals surface area (Å²) in [6.07, 6.45) is 3.99. The van der Waals surface area contributed by atoms with Crippen molar-refractivity contribution in [1.29, 1.82) is 0 Å². The molecule has 0 atom stereocenters. The van der Waals surface area contributed by atoms with Crippen molar-refractivity contribution in [1.82, 2.24) is 15.3 Å². The molecule has 2 aliphatic rings. The molecule has 4 heterocycles. The van der Waals surface area contributed by atoms with Crippen LogP contribution in [-0.2, 0) is 6.42 Å². The summed E-state index contributed by atoms with van der Waals surface area (Å²) in [6.45, 7) is 3.89. The highest BCUT2D eigenvalue weighted by Gasteiger charge is 2.29. The van der Waals surface area contributed by atoms with Crippen molar-refractivity contribution in [3.05, 3.63) is 65.6 Å². The normalized spacial score (nSPS) is 15.3. The van der Waals surface area contributed by atoms with Gasteiger partial charge in [-0.05, 0) is 42.3 Å². The number of rotatable bonds is 6. The zero-order chi connectivity index (χ0) is 25.1.